The standard InChI is InChI=1S/C23H38N4O3/c1-6-24-23(26-12-9-17(2)3)25-11-7-8-22(28)27-13-10-18-14-20(29-4)21(30-5)15-19(18)16-27/h14-15,17H,6-13,16H2,1-5H3,(H2,24,25,26). The fourth-order valence-corrected chi connectivity index (χ4v) is 3.50. The lowest BCUT2D eigenvalue weighted by molar-refractivity contribution is -0.132. The second-order valence-electron chi connectivity index (χ2n) is 8.01. The van der Waals surface area contributed by atoms with Gasteiger partial charge in [-0.05, 0) is 55.4 Å². The Hall–Kier alpha value is -2.44. The summed E-state index contributed by atoms with van der Waals surface area (Å²) in [7, 11) is 3.28. The number of nitrogens with one attached hydrogen (secondary N) is 2. The lowest BCUT2D eigenvalue weighted by Gasteiger charge is -2.29. The van der Waals surface area contributed by atoms with Gasteiger partial charge in [0.05, 0.1) is 14.2 Å². The third-order valence-electron chi connectivity index (χ3n) is 5.25. The van der Waals surface area contributed by atoms with Crippen LogP contribution >= 0.6 is 0 Å². The first-order valence-corrected chi connectivity index (χ1v) is 11.0. The Morgan fingerprint density at radius 3 is 2.50 bits per heavy atom. The van der Waals surface area contributed by atoms with E-state index in [0.717, 1.165) is 56.2 Å². The van der Waals surface area contributed by atoms with Crippen LogP contribution in [-0.2, 0) is 17.8 Å². The van der Waals surface area contributed by atoms with Gasteiger partial charge in [0.25, 0.3) is 0 Å². The molecule has 0 bridgehead atoms. The summed E-state index contributed by atoms with van der Waals surface area (Å²) in [5.41, 5.74) is 2.36. The van der Waals surface area contributed by atoms with Gasteiger partial charge in [-0.25, -0.2) is 0 Å². The summed E-state index contributed by atoms with van der Waals surface area (Å²) in [4.78, 5) is 19.2. The molecule has 168 valence electrons. The minimum absolute atomic E-state index is 0.184. The highest BCUT2D eigenvalue weighted by Gasteiger charge is 2.22. The number of aliphatic imine (C=N–C) groups is 1. The molecule has 30 heavy (non-hydrogen) atoms. The predicted octanol–water partition coefficient (Wildman–Crippen LogP) is 2.97. The van der Waals surface area contributed by atoms with Crippen molar-refractivity contribution in [3.8, 4) is 11.5 Å². The van der Waals surface area contributed by atoms with E-state index in [2.05, 4.69) is 36.4 Å². The number of carbonyl (C=O) groups is 1. The third kappa shape index (κ3) is 7.11. The molecule has 0 saturated carbocycles. The molecule has 1 aliphatic rings. The smallest absolute Gasteiger partial charge is 0.222 e. The number of methoxy groups -OCH3 is 2. The summed E-state index contributed by atoms with van der Waals surface area (Å²) in [6, 6.07) is 4.02. The van der Waals surface area contributed by atoms with Gasteiger partial charge in [-0.15, -0.1) is 0 Å². The maximum atomic E-state index is 12.7. The number of amides is 1. The number of carbonyl (C=O) groups excluding carboxylic acids is 1. The summed E-state index contributed by atoms with van der Waals surface area (Å²) in [6.07, 6.45) is 3.20. The monoisotopic (exact) mass is 418 g/mol. The first-order valence-electron chi connectivity index (χ1n) is 11.0. The molecule has 2 rings (SSSR count). The zero-order valence-electron chi connectivity index (χ0n) is 19.2. The predicted molar refractivity (Wildman–Crippen MR) is 121 cm³/mol. The Balaban J connectivity index is 1.84. The van der Waals surface area contributed by atoms with Gasteiger partial charge in [0.15, 0.2) is 17.5 Å². The maximum Gasteiger partial charge on any atom is 0.222 e. The topological polar surface area (TPSA) is 75.2 Å². The van der Waals surface area contributed by atoms with E-state index < -0.39 is 0 Å². The molecule has 0 radical (unpaired) electrons. The summed E-state index contributed by atoms with van der Waals surface area (Å²) < 4.78 is 10.8. The van der Waals surface area contributed by atoms with Crippen LogP contribution in [0.25, 0.3) is 0 Å². The SMILES string of the molecule is CCNC(=NCCCC(=O)N1CCc2cc(OC)c(OC)cc2C1)NCCC(C)C. The highest BCUT2D eigenvalue weighted by Crippen LogP contribution is 2.33. The van der Waals surface area contributed by atoms with Crippen LogP contribution in [0.5, 0.6) is 11.5 Å². The molecular weight excluding hydrogens is 380 g/mol. The molecule has 1 amide bonds. The van der Waals surface area contributed by atoms with E-state index in [9.17, 15) is 4.79 Å². The van der Waals surface area contributed by atoms with Crippen LogP contribution in [0.1, 0.15) is 51.2 Å². The fraction of sp³-hybridized carbons (Fsp3) is 0.652. The van der Waals surface area contributed by atoms with Gasteiger partial charge in [0, 0.05) is 39.1 Å². The number of guanidine groups is 1. The third-order valence-corrected chi connectivity index (χ3v) is 5.25. The molecule has 7 nitrogen and oxygen atoms in total. The second-order valence-corrected chi connectivity index (χ2v) is 8.01. The molecule has 0 unspecified atom stereocenters. The fourth-order valence-electron chi connectivity index (χ4n) is 3.50. The Bertz CT molecular complexity index is 719. The number of hydrogen-bond acceptors (Lipinski definition) is 4. The van der Waals surface area contributed by atoms with Gasteiger partial charge < -0.3 is 25.0 Å². The van der Waals surface area contributed by atoms with Gasteiger partial charge in [0.2, 0.25) is 5.91 Å². The quantitative estimate of drug-likeness (QED) is 0.347. The van der Waals surface area contributed by atoms with E-state index >= 15 is 0 Å². The Morgan fingerprint density at radius 1 is 1.17 bits per heavy atom. The highest BCUT2D eigenvalue weighted by atomic mass is 16.5. The maximum absolute atomic E-state index is 12.7. The number of hydrogen-bond donors (Lipinski definition) is 2. The number of rotatable bonds is 10. The number of fused-ring (bicyclic) bond motifs is 1. The Labute approximate surface area is 181 Å². The van der Waals surface area contributed by atoms with E-state index in [1.807, 2.05) is 17.0 Å². The van der Waals surface area contributed by atoms with Crippen molar-refractivity contribution in [2.24, 2.45) is 10.9 Å². The molecule has 2 N–H and O–H groups in total. The Kier molecular flexibility index (Phi) is 9.77. The van der Waals surface area contributed by atoms with Crippen LogP contribution in [-0.4, -0.2) is 57.2 Å². The lowest BCUT2D eigenvalue weighted by Crippen LogP contribution is -2.38. The molecule has 1 aromatic rings. The van der Waals surface area contributed by atoms with Crippen LogP contribution in [0.3, 0.4) is 0 Å². The van der Waals surface area contributed by atoms with Crippen LogP contribution in [0.15, 0.2) is 17.1 Å². The van der Waals surface area contributed by atoms with Gasteiger partial charge in [-0.1, -0.05) is 13.8 Å². The van der Waals surface area contributed by atoms with Gasteiger partial charge in [0.1, 0.15) is 0 Å². The van der Waals surface area contributed by atoms with Crippen LogP contribution in [0.4, 0.5) is 0 Å². The molecule has 0 aliphatic carbocycles. The molecule has 0 atom stereocenters. The van der Waals surface area contributed by atoms with Crippen molar-refractivity contribution in [3.63, 3.8) is 0 Å². The van der Waals surface area contributed by atoms with Crippen LogP contribution in [0.2, 0.25) is 0 Å². The van der Waals surface area contributed by atoms with E-state index in [0.29, 0.717) is 31.2 Å². The molecule has 0 aromatic heterocycles. The summed E-state index contributed by atoms with van der Waals surface area (Å²) >= 11 is 0. The van der Waals surface area contributed by atoms with Gasteiger partial charge >= 0.3 is 0 Å². The molecule has 0 saturated heterocycles. The molecular formula is C23H38N4O3. The zero-order chi connectivity index (χ0) is 21.9. The minimum Gasteiger partial charge on any atom is -0.493 e. The number of ether oxygens (including phenoxy) is 2. The minimum atomic E-state index is 0.184. The highest BCUT2D eigenvalue weighted by molar-refractivity contribution is 5.80. The van der Waals surface area contributed by atoms with Crippen molar-refractivity contribution in [1.29, 1.82) is 0 Å². The number of nitrogens with zero attached hydrogens (tertiary/aromatic N) is 2. The second kappa shape index (κ2) is 12.3. The van der Waals surface area contributed by atoms with Crippen molar-refractivity contribution < 1.29 is 14.3 Å². The van der Waals surface area contributed by atoms with Gasteiger partial charge in [-0.2, -0.15) is 0 Å². The van der Waals surface area contributed by atoms with Crippen molar-refractivity contribution >= 4 is 11.9 Å². The van der Waals surface area contributed by atoms with Crippen molar-refractivity contribution in [3.05, 3.63) is 23.3 Å². The molecule has 0 fully saturated rings. The normalized spacial score (nSPS) is 13.8. The van der Waals surface area contributed by atoms with Crippen LogP contribution in [0, 0.1) is 5.92 Å². The summed E-state index contributed by atoms with van der Waals surface area (Å²) in [5, 5.41) is 6.62. The van der Waals surface area contributed by atoms with E-state index in [1.54, 1.807) is 14.2 Å². The molecule has 1 heterocycles. The first kappa shape index (κ1) is 23.8. The molecule has 7 heteroatoms. The van der Waals surface area contributed by atoms with Crippen LogP contribution < -0.4 is 20.1 Å². The lowest BCUT2D eigenvalue weighted by atomic mass is 9.98. The summed E-state index contributed by atoms with van der Waals surface area (Å²) in [5.74, 6) is 3.13. The average Bonchev–Trinajstić information content (AvgIpc) is 2.74. The van der Waals surface area contributed by atoms with Crippen molar-refractivity contribution in [2.75, 3.05) is 40.4 Å². The Morgan fingerprint density at radius 2 is 1.87 bits per heavy atom. The average molecular weight is 419 g/mol. The number of benzene rings is 1. The van der Waals surface area contributed by atoms with E-state index in [1.165, 1.54) is 5.56 Å². The van der Waals surface area contributed by atoms with E-state index in [-0.39, 0.29) is 5.91 Å². The van der Waals surface area contributed by atoms with Crippen molar-refractivity contribution in [2.45, 2.75) is 53.0 Å². The van der Waals surface area contributed by atoms with Crippen molar-refractivity contribution in [1.82, 2.24) is 15.5 Å². The zero-order valence-corrected chi connectivity index (χ0v) is 19.2. The summed E-state index contributed by atoms with van der Waals surface area (Å²) in [6.45, 7) is 10.2. The molecule has 0 spiro atoms. The van der Waals surface area contributed by atoms with E-state index in [4.69, 9.17) is 9.47 Å². The molecule has 1 aromatic carbocycles. The van der Waals surface area contributed by atoms with Gasteiger partial charge in [-0.3, -0.25) is 9.79 Å². The largest absolute Gasteiger partial charge is 0.493 e. The first-order chi connectivity index (χ1) is 14.5. The molecule has 1 aliphatic heterocycles.